The Hall–Kier alpha value is -2.30. The molecule has 3 aromatic rings. The average molecular weight is 377 g/mol. The van der Waals surface area contributed by atoms with Gasteiger partial charge < -0.3 is 11.1 Å². The van der Waals surface area contributed by atoms with Gasteiger partial charge in [-0.05, 0) is 23.9 Å². The monoisotopic (exact) mass is 377 g/mol. The van der Waals surface area contributed by atoms with Crippen molar-refractivity contribution in [1.29, 1.82) is 0 Å². The quantitative estimate of drug-likeness (QED) is 0.682. The lowest BCUT2D eigenvalue weighted by atomic mass is 10.2. The van der Waals surface area contributed by atoms with Crippen LogP contribution >= 0.6 is 34.4 Å². The van der Waals surface area contributed by atoms with Crippen molar-refractivity contribution in [3.63, 3.8) is 0 Å². The van der Waals surface area contributed by atoms with E-state index in [4.69, 9.17) is 5.73 Å². The van der Waals surface area contributed by atoms with Crippen LogP contribution in [0, 0.1) is 0 Å². The van der Waals surface area contributed by atoms with E-state index in [1.54, 1.807) is 18.3 Å². The van der Waals surface area contributed by atoms with Crippen molar-refractivity contribution in [2.45, 2.75) is 15.1 Å². The molecule has 24 heavy (non-hydrogen) atoms. The molecule has 7 nitrogen and oxygen atoms in total. The molecule has 0 aliphatic heterocycles. The number of thiazole rings is 1. The van der Waals surface area contributed by atoms with E-state index in [1.165, 1.54) is 34.4 Å². The molecule has 0 aliphatic rings. The second-order valence-electron chi connectivity index (χ2n) is 4.52. The second kappa shape index (κ2) is 7.51. The minimum Gasteiger partial charge on any atom is -0.369 e. The molecule has 0 atom stereocenters. The molecule has 2 amide bonds. The number of aromatic nitrogens is 3. The van der Waals surface area contributed by atoms with Gasteiger partial charge in [0.15, 0.2) is 8.68 Å². The molecule has 0 bridgehead atoms. The minimum absolute atomic E-state index is 0.0779. The molecule has 3 rings (SSSR count). The zero-order chi connectivity index (χ0) is 16.9. The van der Waals surface area contributed by atoms with Gasteiger partial charge in [-0.3, -0.25) is 9.59 Å². The largest absolute Gasteiger partial charge is 0.369 e. The number of hydrogen-bond acceptors (Lipinski definition) is 8. The molecule has 3 N–H and O–H groups in total. The lowest BCUT2D eigenvalue weighted by Gasteiger charge is -2.00. The third kappa shape index (κ3) is 4.37. The molecule has 2 heterocycles. The fraction of sp³-hybridized carbons (Fsp3) is 0.0714. The molecule has 0 aliphatic carbocycles. The summed E-state index contributed by atoms with van der Waals surface area (Å²) in [5.41, 5.74) is 5.71. The van der Waals surface area contributed by atoms with Gasteiger partial charge in [-0.1, -0.05) is 40.9 Å². The van der Waals surface area contributed by atoms with E-state index < -0.39 is 5.91 Å². The smallest absolute Gasteiger partial charge is 0.256 e. The number of anilines is 1. The Morgan fingerprint density at radius 2 is 1.92 bits per heavy atom. The highest BCUT2D eigenvalue weighted by Crippen LogP contribution is 2.35. The van der Waals surface area contributed by atoms with E-state index in [-0.39, 0.29) is 12.3 Å². The number of rotatable bonds is 6. The van der Waals surface area contributed by atoms with Crippen LogP contribution in [0.2, 0.25) is 0 Å². The molecule has 0 radical (unpaired) electrons. The molecule has 0 saturated carbocycles. The van der Waals surface area contributed by atoms with Gasteiger partial charge in [0.1, 0.15) is 10.0 Å². The van der Waals surface area contributed by atoms with Gasteiger partial charge in [-0.2, -0.15) is 0 Å². The van der Waals surface area contributed by atoms with E-state index in [0.717, 1.165) is 4.34 Å². The number of nitrogens with one attached hydrogen (secondary N) is 1. The first-order chi connectivity index (χ1) is 11.6. The van der Waals surface area contributed by atoms with Crippen LogP contribution in [-0.2, 0) is 11.2 Å². The maximum atomic E-state index is 12.1. The number of carbonyl (C=O) groups excluding carboxylic acids is 2. The van der Waals surface area contributed by atoms with Crippen LogP contribution in [0.1, 0.15) is 15.4 Å². The van der Waals surface area contributed by atoms with Gasteiger partial charge in [0.25, 0.3) is 5.91 Å². The van der Waals surface area contributed by atoms with Crippen molar-refractivity contribution < 1.29 is 9.59 Å². The minimum atomic E-state index is -0.442. The Morgan fingerprint density at radius 1 is 1.12 bits per heavy atom. The summed E-state index contributed by atoms with van der Waals surface area (Å²) in [6.07, 6.45) is 1.67. The maximum absolute atomic E-state index is 12.1. The van der Waals surface area contributed by atoms with E-state index in [9.17, 15) is 9.59 Å². The molecule has 0 unspecified atom stereocenters. The van der Waals surface area contributed by atoms with Gasteiger partial charge >= 0.3 is 0 Å². The van der Waals surface area contributed by atoms with Crippen LogP contribution in [0.15, 0.2) is 45.2 Å². The summed E-state index contributed by atoms with van der Waals surface area (Å²) in [6, 6.07) is 8.96. The number of nitrogens with two attached hydrogens (primary N) is 1. The van der Waals surface area contributed by atoms with Gasteiger partial charge in [0, 0.05) is 5.56 Å². The van der Waals surface area contributed by atoms with Crippen LogP contribution < -0.4 is 11.1 Å². The Balaban J connectivity index is 1.62. The molecule has 10 heteroatoms. The van der Waals surface area contributed by atoms with Gasteiger partial charge in [0.2, 0.25) is 5.91 Å². The third-order valence-electron chi connectivity index (χ3n) is 2.71. The molecule has 0 fully saturated rings. The fourth-order valence-corrected chi connectivity index (χ4v) is 4.69. The first-order valence-electron chi connectivity index (χ1n) is 6.71. The summed E-state index contributed by atoms with van der Waals surface area (Å²) in [4.78, 5) is 27.2. The Kier molecular flexibility index (Phi) is 5.18. The topological polar surface area (TPSA) is 111 Å². The summed E-state index contributed by atoms with van der Waals surface area (Å²) in [5.74, 6) is -0.627. The van der Waals surface area contributed by atoms with E-state index >= 15 is 0 Å². The van der Waals surface area contributed by atoms with Crippen molar-refractivity contribution in [2.24, 2.45) is 5.73 Å². The van der Waals surface area contributed by atoms with Crippen LogP contribution in [0.5, 0.6) is 0 Å². The highest BCUT2D eigenvalue weighted by Gasteiger charge is 2.12. The van der Waals surface area contributed by atoms with E-state index in [1.807, 2.05) is 18.2 Å². The molecular weight excluding hydrogens is 366 g/mol. The highest BCUT2D eigenvalue weighted by molar-refractivity contribution is 8.02. The molecule has 1 aromatic carbocycles. The van der Waals surface area contributed by atoms with Crippen molar-refractivity contribution in [1.82, 2.24) is 15.2 Å². The number of primary amides is 1. The maximum Gasteiger partial charge on any atom is 0.256 e. The van der Waals surface area contributed by atoms with Gasteiger partial charge in [0.05, 0.1) is 12.6 Å². The number of hydrogen-bond donors (Lipinski definition) is 2. The summed E-state index contributed by atoms with van der Waals surface area (Å²) in [7, 11) is 0. The van der Waals surface area contributed by atoms with Crippen LogP contribution in [0.4, 0.5) is 5.00 Å². The zero-order valence-corrected chi connectivity index (χ0v) is 14.6. The third-order valence-corrected chi connectivity index (χ3v) is 5.67. The number of benzene rings is 1. The lowest BCUT2D eigenvalue weighted by molar-refractivity contribution is -0.117. The van der Waals surface area contributed by atoms with E-state index in [0.29, 0.717) is 19.9 Å². The first-order valence-corrected chi connectivity index (χ1v) is 9.16. The van der Waals surface area contributed by atoms with Crippen molar-refractivity contribution in [2.75, 3.05) is 5.32 Å². The van der Waals surface area contributed by atoms with Crippen molar-refractivity contribution in [3.05, 3.63) is 47.1 Å². The highest BCUT2D eigenvalue weighted by atomic mass is 32.2. The molecule has 0 spiro atoms. The molecule has 122 valence electrons. The SMILES string of the molecule is NC(=O)Cc1nnc(Sc2ncc(NC(=O)c3ccccc3)s2)s1. The number of carbonyl (C=O) groups is 2. The molecule has 0 saturated heterocycles. The normalized spacial score (nSPS) is 10.5. The summed E-state index contributed by atoms with van der Waals surface area (Å²) < 4.78 is 1.39. The molecular formula is C14H11N5O2S3. The Morgan fingerprint density at radius 3 is 2.67 bits per heavy atom. The Labute approximate surface area is 149 Å². The van der Waals surface area contributed by atoms with Crippen molar-refractivity contribution >= 4 is 51.3 Å². The number of nitrogens with zero attached hydrogens (tertiary/aromatic N) is 3. The summed E-state index contributed by atoms with van der Waals surface area (Å²) in [5, 5.41) is 11.9. The predicted molar refractivity (Wildman–Crippen MR) is 93.4 cm³/mol. The fourth-order valence-electron chi connectivity index (χ4n) is 1.71. The Bertz CT molecular complexity index is 862. The van der Waals surface area contributed by atoms with Crippen LogP contribution in [0.3, 0.4) is 0 Å². The summed E-state index contributed by atoms with van der Waals surface area (Å²) in [6.45, 7) is 0. The van der Waals surface area contributed by atoms with E-state index in [2.05, 4.69) is 20.5 Å². The number of amides is 2. The average Bonchev–Trinajstić information content (AvgIpc) is 3.17. The van der Waals surface area contributed by atoms with Crippen molar-refractivity contribution in [3.8, 4) is 0 Å². The zero-order valence-electron chi connectivity index (χ0n) is 12.1. The second-order valence-corrected chi connectivity index (χ2v) is 8.10. The van der Waals surface area contributed by atoms with Gasteiger partial charge in [-0.15, -0.1) is 10.2 Å². The first kappa shape index (κ1) is 16.6. The van der Waals surface area contributed by atoms with Gasteiger partial charge in [-0.25, -0.2) is 4.98 Å². The standard InChI is InChI=1S/C14H11N5O2S3/c15-9(20)6-10-18-19-14(22-10)24-13-16-7-11(23-13)17-12(21)8-4-2-1-3-5-8/h1-5,7H,6H2,(H2,15,20)(H,17,21). The lowest BCUT2D eigenvalue weighted by Crippen LogP contribution is -2.13. The molecule has 2 aromatic heterocycles. The van der Waals surface area contributed by atoms with Crippen LogP contribution in [-0.4, -0.2) is 27.0 Å². The predicted octanol–water partition coefficient (Wildman–Crippen LogP) is 2.43. The van der Waals surface area contributed by atoms with Crippen LogP contribution in [0.25, 0.3) is 0 Å². The summed E-state index contributed by atoms with van der Waals surface area (Å²) >= 11 is 3.96.